The number of hydrogen-bond acceptors (Lipinski definition) is 4. The number of ether oxygens (including phenoxy) is 1. The second-order valence-electron chi connectivity index (χ2n) is 4.26. The number of aromatic nitrogens is 1. The van der Waals surface area contributed by atoms with Gasteiger partial charge in [0, 0.05) is 31.1 Å². The Morgan fingerprint density at radius 3 is 3.05 bits per heavy atom. The van der Waals surface area contributed by atoms with Crippen molar-refractivity contribution in [2.75, 3.05) is 6.61 Å². The molecule has 0 aliphatic carbocycles. The first-order valence-corrected chi connectivity index (χ1v) is 6.65. The molecular weight excluding hydrogens is 256 g/mol. The van der Waals surface area contributed by atoms with Crippen LogP contribution in [0.2, 0.25) is 0 Å². The van der Waals surface area contributed by atoms with Gasteiger partial charge in [-0.15, -0.1) is 0 Å². The first-order chi connectivity index (χ1) is 9.79. The van der Waals surface area contributed by atoms with Crippen molar-refractivity contribution in [3.63, 3.8) is 0 Å². The molecule has 106 valence electrons. The van der Waals surface area contributed by atoms with Gasteiger partial charge in [-0.3, -0.25) is 4.79 Å². The summed E-state index contributed by atoms with van der Waals surface area (Å²) >= 11 is 0. The van der Waals surface area contributed by atoms with E-state index in [4.69, 9.17) is 9.15 Å². The van der Waals surface area contributed by atoms with Crippen molar-refractivity contribution < 1.29 is 13.9 Å². The summed E-state index contributed by atoms with van der Waals surface area (Å²) < 4.78 is 10.6. The number of nitrogens with one attached hydrogen (secondary N) is 1. The summed E-state index contributed by atoms with van der Waals surface area (Å²) in [4.78, 5) is 15.9. The molecule has 0 bridgehead atoms. The molecule has 20 heavy (non-hydrogen) atoms. The monoisotopic (exact) mass is 274 g/mol. The Kier molecular flexibility index (Phi) is 5.17. The predicted octanol–water partition coefficient (Wildman–Crippen LogP) is 2.32. The van der Waals surface area contributed by atoms with Gasteiger partial charge in [0.15, 0.2) is 0 Å². The molecule has 0 radical (unpaired) electrons. The highest BCUT2D eigenvalue weighted by Gasteiger charge is 2.07. The van der Waals surface area contributed by atoms with E-state index < -0.39 is 0 Å². The molecule has 0 aliphatic rings. The van der Waals surface area contributed by atoms with Crippen LogP contribution >= 0.6 is 0 Å². The molecule has 5 nitrogen and oxygen atoms in total. The fourth-order valence-electron chi connectivity index (χ4n) is 1.80. The molecule has 0 aliphatic heterocycles. The maximum Gasteiger partial charge on any atom is 0.220 e. The second kappa shape index (κ2) is 7.33. The molecule has 0 saturated carbocycles. The molecule has 0 fully saturated rings. The number of furan rings is 1. The topological polar surface area (TPSA) is 64.4 Å². The lowest BCUT2D eigenvalue weighted by Crippen LogP contribution is -2.23. The molecule has 2 aromatic rings. The fraction of sp³-hybridized carbons (Fsp3) is 0.333. The van der Waals surface area contributed by atoms with Gasteiger partial charge in [-0.05, 0) is 25.1 Å². The van der Waals surface area contributed by atoms with E-state index in [1.54, 1.807) is 12.5 Å². The molecule has 1 amide bonds. The van der Waals surface area contributed by atoms with Gasteiger partial charge in [0.1, 0.15) is 5.76 Å². The molecule has 2 rings (SSSR count). The minimum atomic E-state index is -0.0206. The Balaban J connectivity index is 1.81. The van der Waals surface area contributed by atoms with E-state index in [9.17, 15) is 4.79 Å². The minimum Gasteiger partial charge on any atom is -0.478 e. The largest absolute Gasteiger partial charge is 0.478 e. The Hall–Kier alpha value is -2.30. The van der Waals surface area contributed by atoms with Crippen LogP contribution in [-0.4, -0.2) is 17.5 Å². The van der Waals surface area contributed by atoms with Crippen molar-refractivity contribution in [2.24, 2.45) is 0 Å². The van der Waals surface area contributed by atoms with Gasteiger partial charge >= 0.3 is 0 Å². The Morgan fingerprint density at radius 2 is 2.30 bits per heavy atom. The maximum absolute atomic E-state index is 11.8. The van der Waals surface area contributed by atoms with Gasteiger partial charge in [-0.25, -0.2) is 4.98 Å². The third kappa shape index (κ3) is 4.12. The zero-order valence-electron chi connectivity index (χ0n) is 11.5. The van der Waals surface area contributed by atoms with E-state index in [-0.39, 0.29) is 5.91 Å². The van der Waals surface area contributed by atoms with Crippen LogP contribution in [0.3, 0.4) is 0 Å². The number of hydrogen-bond donors (Lipinski definition) is 1. The zero-order valence-corrected chi connectivity index (χ0v) is 11.5. The van der Waals surface area contributed by atoms with E-state index in [2.05, 4.69) is 10.3 Å². The highest BCUT2D eigenvalue weighted by Crippen LogP contribution is 2.13. The van der Waals surface area contributed by atoms with Crippen LogP contribution in [0, 0.1) is 0 Å². The summed E-state index contributed by atoms with van der Waals surface area (Å²) in [7, 11) is 0. The van der Waals surface area contributed by atoms with Crippen LogP contribution in [0.5, 0.6) is 5.88 Å². The van der Waals surface area contributed by atoms with E-state index in [0.29, 0.717) is 31.9 Å². The van der Waals surface area contributed by atoms with Crippen molar-refractivity contribution in [1.29, 1.82) is 0 Å². The third-order valence-electron chi connectivity index (χ3n) is 2.79. The van der Waals surface area contributed by atoms with Gasteiger partial charge in [0.05, 0.1) is 12.9 Å². The van der Waals surface area contributed by atoms with Gasteiger partial charge in [0.2, 0.25) is 11.8 Å². The summed E-state index contributed by atoms with van der Waals surface area (Å²) in [6.07, 6.45) is 4.28. The molecule has 5 heteroatoms. The van der Waals surface area contributed by atoms with E-state index in [0.717, 1.165) is 11.3 Å². The fourth-order valence-corrected chi connectivity index (χ4v) is 1.80. The molecule has 0 aromatic carbocycles. The number of aryl methyl sites for hydroxylation is 1. The SMILES string of the molecule is CCOc1ncccc1CNC(=O)CCc1ccco1. The van der Waals surface area contributed by atoms with E-state index in [1.165, 1.54) is 0 Å². The van der Waals surface area contributed by atoms with Crippen LogP contribution in [0.4, 0.5) is 0 Å². The molecule has 2 aromatic heterocycles. The van der Waals surface area contributed by atoms with Crippen LogP contribution in [0.1, 0.15) is 24.7 Å². The number of pyridine rings is 1. The lowest BCUT2D eigenvalue weighted by Gasteiger charge is -2.09. The first kappa shape index (κ1) is 14.1. The summed E-state index contributed by atoms with van der Waals surface area (Å²) in [5.41, 5.74) is 0.876. The highest BCUT2D eigenvalue weighted by molar-refractivity contribution is 5.76. The summed E-state index contributed by atoms with van der Waals surface area (Å²) in [6.45, 7) is 2.87. The number of amides is 1. The van der Waals surface area contributed by atoms with Crippen molar-refractivity contribution in [2.45, 2.75) is 26.3 Å². The van der Waals surface area contributed by atoms with Gasteiger partial charge in [-0.2, -0.15) is 0 Å². The molecule has 0 unspecified atom stereocenters. The van der Waals surface area contributed by atoms with Gasteiger partial charge in [-0.1, -0.05) is 6.07 Å². The standard InChI is InChI=1S/C15H18N2O3/c1-2-19-15-12(5-3-9-16-15)11-17-14(18)8-7-13-6-4-10-20-13/h3-6,9-10H,2,7-8,11H2,1H3,(H,17,18). The van der Waals surface area contributed by atoms with Crippen molar-refractivity contribution >= 4 is 5.91 Å². The number of nitrogens with zero attached hydrogens (tertiary/aromatic N) is 1. The number of rotatable bonds is 7. The number of carbonyl (C=O) groups excluding carboxylic acids is 1. The van der Waals surface area contributed by atoms with E-state index >= 15 is 0 Å². The first-order valence-electron chi connectivity index (χ1n) is 6.65. The summed E-state index contributed by atoms with van der Waals surface area (Å²) in [6, 6.07) is 7.40. The molecule has 2 heterocycles. The smallest absolute Gasteiger partial charge is 0.220 e. The molecule has 0 saturated heterocycles. The van der Waals surface area contributed by atoms with Crippen molar-refractivity contribution in [3.8, 4) is 5.88 Å². The quantitative estimate of drug-likeness (QED) is 0.841. The Morgan fingerprint density at radius 1 is 1.40 bits per heavy atom. The number of carbonyl (C=O) groups is 1. The molecule has 0 atom stereocenters. The zero-order chi connectivity index (χ0) is 14.2. The van der Waals surface area contributed by atoms with Crippen molar-refractivity contribution in [1.82, 2.24) is 10.3 Å². The Labute approximate surface area is 118 Å². The lowest BCUT2D eigenvalue weighted by molar-refractivity contribution is -0.121. The van der Waals surface area contributed by atoms with Crippen LogP contribution in [0.25, 0.3) is 0 Å². The molecule has 1 N–H and O–H groups in total. The molecule has 0 spiro atoms. The van der Waals surface area contributed by atoms with E-state index in [1.807, 2.05) is 31.2 Å². The van der Waals surface area contributed by atoms with Gasteiger partial charge < -0.3 is 14.5 Å². The highest BCUT2D eigenvalue weighted by atomic mass is 16.5. The van der Waals surface area contributed by atoms with Gasteiger partial charge in [0.25, 0.3) is 0 Å². The average Bonchev–Trinajstić information content (AvgIpc) is 2.98. The normalized spacial score (nSPS) is 10.2. The van der Waals surface area contributed by atoms with Crippen LogP contribution < -0.4 is 10.1 Å². The van der Waals surface area contributed by atoms with Crippen LogP contribution in [-0.2, 0) is 17.8 Å². The average molecular weight is 274 g/mol. The third-order valence-corrected chi connectivity index (χ3v) is 2.79. The van der Waals surface area contributed by atoms with Crippen LogP contribution in [0.15, 0.2) is 41.1 Å². The summed E-state index contributed by atoms with van der Waals surface area (Å²) in [5.74, 6) is 1.37. The van der Waals surface area contributed by atoms with Crippen molar-refractivity contribution in [3.05, 3.63) is 48.0 Å². The second-order valence-corrected chi connectivity index (χ2v) is 4.26. The minimum absolute atomic E-state index is 0.0206. The predicted molar refractivity (Wildman–Crippen MR) is 74.3 cm³/mol. The Bertz CT molecular complexity index is 538. The molecular formula is C15H18N2O3. The maximum atomic E-state index is 11.8. The summed E-state index contributed by atoms with van der Waals surface area (Å²) in [5, 5.41) is 2.86. The lowest BCUT2D eigenvalue weighted by atomic mass is 10.2.